The molecule has 0 unspecified atom stereocenters. The molecule has 1 N–H and O–H groups in total. The summed E-state index contributed by atoms with van der Waals surface area (Å²) in [6.07, 6.45) is 0.777. The van der Waals surface area contributed by atoms with Crippen LogP contribution in [0.25, 0.3) is 5.70 Å². The summed E-state index contributed by atoms with van der Waals surface area (Å²) in [5, 5.41) is 12.3. The van der Waals surface area contributed by atoms with E-state index in [2.05, 4.69) is 6.58 Å². The average Bonchev–Trinajstić information content (AvgIpc) is 3.03. The second-order valence-corrected chi connectivity index (χ2v) is 9.33. The summed E-state index contributed by atoms with van der Waals surface area (Å²) in [4.78, 5) is 30.4. The van der Waals surface area contributed by atoms with Gasteiger partial charge in [0, 0.05) is 22.4 Å². The topological polar surface area (TPSA) is 79.3 Å². The Morgan fingerprint density at radius 2 is 1.79 bits per heavy atom. The SMILES string of the molecule is C=C1c2cc(OC)c(OC)cc2C[C@@H]2N1C(=O)[C@H](CC(C)C)N1C(=O)c3ccccc3[C@]21O. The number of ether oxygens (including phenoxy) is 2. The van der Waals surface area contributed by atoms with Gasteiger partial charge in [-0.3, -0.25) is 14.5 Å². The second-order valence-electron chi connectivity index (χ2n) is 9.33. The highest BCUT2D eigenvalue weighted by Gasteiger charge is 2.64. The fraction of sp³-hybridized carbons (Fsp3) is 0.385. The van der Waals surface area contributed by atoms with Crippen molar-refractivity contribution < 1.29 is 24.2 Å². The standard InChI is InChI=1S/C26H28N2O5/c1-14(2)10-20-25(30)27-15(3)18-13-22(33-5)21(32-4)11-16(18)12-23(27)26(31)19-9-7-6-8-17(19)24(29)28(20)26/h6-9,11,13-14,20,23,31H,3,10,12H2,1-2,4-5H3/t20-,23-,26-/m0/s1. The van der Waals surface area contributed by atoms with Gasteiger partial charge in [-0.2, -0.15) is 0 Å². The Kier molecular flexibility index (Phi) is 4.79. The van der Waals surface area contributed by atoms with Gasteiger partial charge in [0.1, 0.15) is 6.04 Å². The molecule has 3 aliphatic rings. The Hall–Kier alpha value is -3.32. The maximum atomic E-state index is 13.9. The van der Waals surface area contributed by atoms with Crippen LogP contribution in [0.5, 0.6) is 11.5 Å². The molecule has 172 valence electrons. The number of carbonyl (C=O) groups is 2. The monoisotopic (exact) mass is 448 g/mol. The van der Waals surface area contributed by atoms with Crippen molar-refractivity contribution in [2.24, 2.45) is 5.92 Å². The molecule has 2 aromatic carbocycles. The van der Waals surface area contributed by atoms with Crippen molar-refractivity contribution in [3.63, 3.8) is 0 Å². The molecule has 33 heavy (non-hydrogen) atoms. The van der Waals surface area contributed by atoms with E-state index in [1.165, 1.54) is 4.90 Å². The number of fused-ring (bicyclic) bond motifs is 6. The van der Waals surface area contributed by atoms with Crippen molar-refractivity contribution in [2.45, 2.75) is 44.5 Å². The molecule has 3 atom stereocenters. The van der Waals surface area contributed by atoms with E-state index in [9.17, 15) is 14.7 Å². The van der Waals surface area contributed by atoms with Crippen molar-refractivity contribution in [2.75, 3.05) is 14.2 Å². The first-order valence-electron chi connectivity index (χ1n) is 11.2. The van der Waals surface area contributed by atoms with Gasteiger partial charge in [-0.05, 0) is 42.5 Å². The highest BCUT2D eigenvalue weighted by Crippen LogP contribution is 2.52. The number of methoxy groups -OCH3 is 2. The lowest BCUT2D eigenvalue weighted by atomic mass is 9.79. The minimum Gasteiger partial charge on any atom is -0.493 e. The Bertz CT molecular complexity index is 1190. The van der Waals surface area contributed by atoms with Crippen LogP contribution in [-0.4, -0.2) is 53.0 Å². The van der Waals surface area contributed by atoms with E-state index in [-0.39, 0.29) is 17.7 Å². The lowest BCUT2D eigenvalue weighted by Crippen LogP contribution is -2.71. The minimum absolute atomic E-state index is 0.144. The number of piperazine rings is 1. The van der Waals surface area contributed by atoms with E-state index in [0.29, 0.717) is 41.2 Å². The van der Waals surface area contributed by atoms with Gasteiger partial charge >= 0.3 is 0 Å². The van der Waals surface area contributed by atoms with Gasteiger partial charge in [-0.15, -0.1) is 0 Å². The molecule has 0 aromatic heterocycles. The molecular formula is C26H28N2O5. The van der Waals surface area contributed by atoms with Gasteiger partial charge in [0.25, 0.3) is 5.91 Å². The summed E-state index contributed by atoms with van der Waals surface area (Å²) >= 11 is 0. The number of hydrogen-bond acceptors (Lipinski definition) is 5. The zero-order valence-electron chi connectivity index (χ0n) is 19.3. The van der Waals surface area contributed by atoms with Crippen LogP contribution in [0.3, 0.4) is 0 Å². The van der Waals surface area contributed by atoms with Crippen LogP contribution in [-0.2, 0) is 16.9 Å². The van der Waals surface area contributed by atoms with Crippen molar-refractivity contribution in [3.8, 4) is 11.5 Å². The van der Waals surface area contributed by atoms with Gasteiger partial charge in [0.15, 0.2) is 17.2 Å². The van der Waals surface area contributed by atoms with Crippen LogP contribution in [0, 0.1) is 5.92 Å². The Labute approximate surface area is 193 Å². The Balaban J connectivity index is 1.73. The summed E-state index contributed by atoms with van der Waals surface area (Å²) in [5.41, 5.74) is 1.45. The fourth-order valence-electron chi connectivity index (χ4n) is 5.63. The van der Waals surface area contributed by atoms with E-state index in [4.69, 9.17) is 9.47 Å². The molecule has 7 nitrogen and oxygen atoms in total. The molecule has 2 amide bonds. The maximum Gasteiger partial charge on any atom is 0.257 e. The molecule has 5 rings (SSSR count). The summed E-state index contributed by atoms with van der Waals surface area (Å²) in [6.45, 7) is 8.26. The molecule has 7 heteroatoms. The summed E-state index contributed by atoms with van der Waals surface area (Å²) < 4.78 is 10.9. The summed E-state index contributed by atoms with van der Waals surface area (Å²) in [6, 6.07) is 9.27. The van der Waals surface area contributed by atoms with Gasteiger partial charge in [0.2, 0.25) is 5.91 Å². The van der Waals surface area contributed by atoms with Crippen molar-refractivity contribution in [3.05, 3.63) is 65.2 Å². The van der Waals surface area contributed by atoms with E-state index in [1.807, 2.05) is 32.0 Å². The van der Waals surface area contributed by atoms with E-state index >= 15 is 0 Å². The number of aliphatic hydroxyl groups is 1. The first-order valence-corrected chi connectivity index (χ1v) is 11.2. The maximum absolute atomic E-state index is 13.9. The van der Waals surface area contributed by atoms with E-state index < -0.39 is 17.8 Å². The van der Waals surface area contributed by atoms with Gasteiger partial charge in [-0.1, -0.05) is 38.6 Å². The van der Waals surface area contributed by atoms with E-state index in [1.54, 1.807) is 37.3 Å². The number of hydrogen-bond donors (Lipinski definition) is 1. The van der Waals surface area contributed by atoms with Crippen LogP contribution in [0.4, 0.5) is 0 Å². The Morgan fingerprint density at radius 1 is 1.12 bits per heavy atom. The van der Waals surface area contributed by atoms with Gasteiger partial charge in [-0.25, -0.2) is 0 Å². The van der Waals surface area contributed by atoms with Crippen LogP contribution >= 0.6 is 0 Å². The molecule has 0 spiro atoms. The predicted molar refractivity (Wildman–Crippen MR) is 123 cm³/mol. The number of nitrogens with zero attached hydrogens (tertiary/aromatic N) is 2. The zero-order chi connectivity index (χ0) is 23.7. The number of amides is 2. The number of rotatable bonds is 4. The van der Waals surface area contributed by atoms with Crippen LogP contribution in [0.15, 0.2) is 43.0 Å². The third-order valence-electron chi connectivity index (χ3n) is 7.07. The molecule has 0 bridgehead atoms. The average molecular weight is 449 g/mol. The van der Waals surface area contributed by atoms with Crippen molar-refractivity contribution in [1.29, 1.82) is 0 Å². The zero-order valence-corrected chi connectivity index (χ0v) is 19.3. The summed E-state index contributed by atoms with van der Waals surface area (Å²) in [7, 11) is 3.13. The number of benzene rings is 2. The highest BCUT2D eigenvalue weighted by molar-refractivity contribution is 6.05. The first kappa shape index (κ1) is 21.5. The first-order chi connectivity index (χ1) is 15.7. The van der Waals surface area contributed by atoms with Gasteiger partial charge < -0.3 is 19.5 Å². The molecular weight excluding hydrogens is 420 g/mol. The van der Waals surface area contributed by atoms with Crippen LogP contribution in [0.2, 0.25) is 0 Å². The molecule has 1 saturated heterocycles. The quantitative estimate of drug-likeness (QED) is 0.777. The molecule has 0 aliphatic carbocycles. The molecule has 0 radical (unpaired) electrons. The Morgan fingerprint density at radius 3 is 2.45 bits per heavy atom. The summed E-state index contributed by atoms with van der Waals surface area (Å²) in [5.74, 6) is 0.719. The minimum atomic E-state index is -1.66. The van der Waals surface area contributed by atoms with Crippen molar-refractivity contribution >= 4 is 17.5 Å². The highest BCUT2D eigenvalue weighted by atomic mass is 16.5. The largest absolute Gasteiger partial charge is 0.493 e. The molecule has 1 fully saturated rings. The third kappa shape index (κ3) is 2.78. The molecule has 0 saturated carbocycles. The van der Waals surface area contributed by atoms with Crippen LogP contribution in [0.1, 0.15) is 47.3 Å². The van der Waals surface area contributed by atoms with Crippen molar-refractivity contribution in [1.82, 2.24) is 9.80 Å². The smallest absolute Gasteiger partial charge is 0.257 e. The second kappa shape index (κ2) is 7.35. The third-order valence-corrected chi connectivity index (χ3v) is 7.07. The van der Waals surface area contributed by atoms with Gasteiger partial charge in [0.05, 0.1) is 20.3 Å². The predicted octanol–water partition coefficient (Wildman–Crippen LogP) is 3.16. The van der Waals surface area contributed by atoms with E-state index in [0.717, 1.165) is 11.1 Å². The number of carbonyl (C=O) groups excluding carboxylic acids is 2. The lowest BCUT2D eigenvalue weighted by molar-refractivity contribution is -0.192. The van der Waals surface area contributed by atoms with Crippen LogP contribution < -0.4 is 9.47 Å². The molecule has 2 aromatic rings. The molecule has 3 heterocycles. The lowest BCUT2D eigenvalue weighted by Gasteiger charge is -2.55. The fourth-order valence-corrected chi connectivity index (χ4v) is 5.63. The molecule has 3 aliphatic heterocycles. The normalized spacial score (nSPS) is 25.6.